The first-order valence-corrected chi connectivity index (χ1v) is 11.5. The van der Waals surface area contributed by atoms with E-state index in [2.05, 4.69) is 5.32 Å². The van der Waals surface area contributed by atoms with Gasteiger partial charge in [0, 0.05) is 22.6 Å². The van der Waals surface area contributed by atoms with Crippen LogP contribution in [0.15, 0.2) is 48.5 Å². The molecule has 0 saturated carbocycles. The molecule has 2 aromatic carbocycles. The van der Waals surface area contributed by atoms with Crippen LogP contribution < -0.4 is 5.32 Å². The van der Waals surface area contributed by atoms with Crippen LogP contribution in [0, 0.1) is 0 Å². The number of hydrogen-bond acceptors (Lipinski definition) is 5. The molecule has 0 aliphatic rings. The van der Waals surface area contributed by atoms with Crippen molar-refractivity contribution in [3.8, 4) is 0 Å². The van der Waals surface area contributed by atoms with Gasteiger partial charge in [0.1, 0.15) is 11.6 Å². The Labute approximate surface area is 206 Å². The largest absolute Gasteiger partial charge is 0.468 e. The van der Waals surface area contributed by atoms with Crippen LogP contribution in [0.4, 0.5) is 4.79 Å². The number of amides is 1. The highest BCUT2D eigenvalue weighted by Gasteiger charge is 2.28. The molecule has 0 aliphatic heterocycles. The highest BCUT2D eigenvalue weighted by Crippen LogP contribution is 2.16. The summed E-state index contributed by atoms with van der Waals surface area (Å²) < 4.78 is 10.5. The molecule has 8 heteroatoms. The fourth-order valence-electron chi connectivity index (χ4n) is 3.41. The number of halogens is 2. The van der Waals surface area contributed by atoms with Crippen molar-refractivity contribution in [2.45, 2.75) is 51.3 Å². The van der Waals surface area contributed by atoms with Gasteiger partial charge in [-0.2, -0.15) is 0 Å². The maximum absolute atomic E-state index is 12.6. The SMILES string of the molecule is COC(=O)C(Cc1ccc(Cl)cc1)N(C)C[C@H](Cc1ccc(Cl)cc1)NC(=O)OC(C)(C)C. The number of benzene rings is 2. The highest BCUT2D eigenvalue weighted by atomic mass is 35.5. The zero-order chi connectivity index (χ0) is 24.6. The maximum atomic E-state index is 12.6. The molecule has 0 radical (unpaired) electrons. The molecule has 2 rings (SSSR count). The van der Waals surface area contributed by atoms with Gasteiger partial charge in [-0.05, 0) is 76.1 Å². The molecule has 1 unspecified atom stereocenters. The van der Waals surface area contributed by atoms with E-state index in [0.717, 1.165) is 11.1 Å². The highest BCUT2D eigenvalue weighted by molar-refractivity contribution is 6.30. The van der Waals surface area contributed by atoms with Crippen LogP contribution in [-0.2, 0) is 27.1 Å². The van der Waals surface area contributed by atoms with Gasteiger partial charge in [-0.15, -0.1) is 0 Å². The Hall–Kier alpha value is -2.28. The Kier molecular flexibility index (Phi) is 10.0. The van der Waals surface area contributed by atoms with Gasteiger partial charge in [-0.1, -0.05) is 47.5 Å². The molecule has 0 fully saturated rings. The Bertz CT molecular complexity index is 911. The third-order valence-corrected chi connectivity index (χ3v) is 5.48. The Morgan fingerprint density at radius 2 is 1.42 bits per heavy atom. The molecule has 180 valence electrons. The predicted octanol–water partition coefficient (Wildman–Crippen LogP) is 5.15. The number of nitrogens with zero attached hydrogens (tertiary/aromatic N) is 1. The first-order valence-electron chi connectivity index (χ1n) is 10.7. The third kappa shape index (κ3) is 9.62. The van der Waals surface area contributed by atoms with Gasteiger partial charge in [-0.3, -0.25) is 9.69 Å². The number of carbonyl (C=O) groups excluding carboxylic acids is 2. The lowest BCUT2D eigenvalue weighted by molar-refractivity contribution is -0.146. The van der Waals surface area contributed by atoms with E-state index < -0.39 is 17.7 Å². The number of methoxy groups -OCH3 is 1. The van der Waals surface area contributed by atoms with E-state index in [4.69, 9.17) is 32.7 Å². The van der Waals surface area contributed by atoms with Crippen LogP contribution in [0.5, 0.6) is 0 Å². The summed E-state index contributed by atoms with van der Waals surface area (Å²) in [6.07, 6.45) is 0.470. The van der Waals surface area contributed by atoms with Crippen LogP contribution in [-0.4, -0.2) is 55.3 Å². The molecule has 33 heavy (non-hydrogen) atoms. The number of rotatable bonds is 9. The Morgan fingerprint density at radius 1 is 0.939 bits per heavy atom. The fourth-order valence-corrected chi connectivity index (χ4v) is 3.67. The smallest absolute Gasteiger partial charge is 0.407 e. The van der Waals surface area contributed by atoms with Crippen LogP contribution in [0.25, 0.3) is 0 Å². The number of ether oxygens (including phenoxy) is 2. The lowest BCUT2D eigenvalue weighted by atomic mass is 10.0. The summed E-state index contributed by atoms with van der Waals surface area (Å²) in [5.41, 5.74) is 1.33. The van der Waals surface area contributed by atoms with Crippen molar-refractivity contribution < 1.29 is 19.1 Å². The van der Waals surface area contributed by atoms with Gasteiger partial charge in [0.2, 0.25) is 0 Å². The van der Waals surface area contributed by atoms with Crippen molar-refractivity contribution in [3.05, 3.63) is 69.7 Å². The van der Waals surface area contributed by atoms with Gasteiger partial charge in [0.05, 0.1) is 7.11 Å². The van der Waals surface area contributed by atoms with E-state index in [1.807, 2.05) is 69.1 Å². The number of nitrogens with one attached hydrogen (secondary N) is 1. The van der Waals surface area contributed by atoms with Crippen molar-refractivity contribution in [2.24, 2.45) is 0 Å². The third-order valence-electron chi connectivity index (χ3n) is 4.97. The maximum Gasteiger partial charge on any atom is 0.407 e. The fraction of sp³-hybridized carbons (Fsp3) is 0.440. The van der Waals surface area contributed by atoms with E-state index in [1.165, 1.54) is 7.11 Å². The van der Waals surface area contributed by atoms with Crippen molar-refractivity contribution in [1.29, 1.82) is 0 Å². The van der Waals surface area contributed by atoms with Gasteiger partial charge < -0.3 is 14.8 Å². The van der Waals surface area contributed by atoms with E-state index in [0.29, 0.717) is 29.4 Å². The molecule has 1 amide bonds. The standard InChI is InChI=1S/C25H32Cl2N2O4/c1-25(2,3)33-24(31)28-21(14-17-6-10-19(26)11-7-17)16-29(4)22(23(30)32-5)15-18-8-12-20(27)13-9-18/h6-13,21-22H,14-16H2,1-5H3,(H,28,31)/t21-,22?/m0/s1. The minimum Gasteiger partial charge on any atom is -0.468 e. The second-order valence-electron chi connectivity index (χ2n) is 8.98. The van der Waals surface area contributed by atoms with Crippen molar-refractivity contribution in [2.75, 3.05) is 20.7 Å². The van der Waals surface area contributed by atoms with Crippen molar-refractivity contribution in [1.82, 2.24) is 10.2 Å². The predicted molar refractivity (Wildman–Crippen MR) is 132 cm³/mol. The van der Waals surface area contributed by atoms with E-state index >= 15 is 0 Å². The first-order chi connectivity index (χ1) is 15.5. The molecule has 0 aromatic heterocycles. The lowest BCUT2D eigenvalue weighted by Crippen LogP contribution is -2.50. The quantitative estimate of drug-likeness (QED) is 0.488. The summed E-state index contributed by atoms with van der Waals surface area (Å²) in [5.74, 6) is -0.352. The molecule has 0 aliphatic carbocycles. The molecular weight excluding hydrogens is 463 g/mol. The number of carbonyl (C=O) groups is 2. The monoisotopic (exact) mass is 494 g/mol. The Balaban J connectivity index is 2.19. The van der Waals surface area contributed by atoms with Crippen LogP contribution in [0.2, 0.25) is 10.0 Å². The number of alkyl carbamates (subject to hydrolysis) is 1. The second kappa shape index (κ2) is 12.3. The lowest BCUT2D eigenvalue weighted by Gasteiger charge is -2.31. The van der Waals surface area contributed by atoms with Crippen LogP contribution in [0.3, 0.4) is 0 Å². The molecule has 2 aromatic rings. The number of likely N-dealkylation sites (N-methyl/N-ethyl adjacent to an activating group) is 1. The van der Waals surface area contributed by atoms with Gasteiger partial charge in [0.15, 0.2) is 0 Å². The van der Waals surface area contributed by atoms with Crippen molar-refractivity contribution in [3.63, 3.8) is 0 Å². The summed E-state index contributed by atoms with van der Waals surface area (Å²) in [7, 11) is 3.21. The Morgan fingerprint density at radius 3 is 1.88 bits per heavy atom. The number of esters is 1. The zero-order valence-electron chi connectivity index (χ0n) is 19.7. The molecule has 6 nitrogen and oxygen atoms in total. The molecule has 0 bridgehead atoms. The van der Waals surface area contributed by atoms with Crippen LogP contribution in [0.1, 0.15) is 31.9 Å². The van der Waals surface area contributed by atoms with E-state index in [1.54, 1.807) is 12.1 Å². The summed E-state index contributed by atoms with van der Waals surface area (Å²) in [6, 6.07) is 13.9. The molecular formula is C25H32Cl2N2O4. The van der Waals surface area contributed by atoms with Gasteiger partial charge in [-0.25, -0.2) is 4.79 Å². The minimum atomic E-state index is -0.621. The van der Waals surface area contributed by atoms with Crippen molar-refractivity contribution >= 4 is 35.3 Å². The molecule has 0 heterocycles. The average Bonchev–Trinajstić information content (AvgIpc) is 2.72. The number of hydrogen-bond donors (Lipinski definition) is 1. The topological polar surface area (TPSA) is 67.9 Å². The van der Waals surface area contributed by atoms with E-state index in [9.17, 15) is 9.59 Å². The van der Waals surface area contributed by atoms with E-state index in [-0.39, 0.29) is 12.0 Å². The van der Waals surface area contributed by atoms with Crippen LogP contribution >= 0.6 is 23.2 Å². The summed E-state index contributed by atoms with van der Waals surface area (Å²) in [6.45, 7) is 5.83. The molecule has 1 N–H and O–H groups in total. The normalized spacial score (nSPS) is 13.3. The molecule has 2 atom stereocenters. The first kappa shape index (κ1) is 27.0. The zero-order valence-corrected chi connectivity index (χ0v) is 21.2. The van der Waals surface area contributed by atoms with Gasteiger partial charge >= 0.3 is 12.1 Å². The summed E-state index contributed by atoms with van der Waals surface area (Å²) >= 11 is 12.0. The second-order valence-corrected chi connectivity index (χ2v) is 9.86. The summed E-state index contributed by atoms with van der Waals surface area (Å²) in [5, 5.41) is 4.22. The van der Waals surface area contributed by atoms with Gasteiger partial charge in [0.25, 0.3) is 0 Å². The minimum absolute atomic E-state index is 0.316. The average molecular weight is 495 g/mol. The summed E-state index contributed by atoms with van der Waals surface area (Å²) in [4.78, 5) is 27.0. The molecule has 0 saturated heterocycles. The molecule has 0 spiro atoms.